The lowest BCUT2D eigenvalue weighted by molar-refractivity contribution is 0.415. The zero-order valence-electron chi connectivity index (χ0n) is 13.6. The molecule has 3 aromatic rings. The molecular weight excluding hydrogens is 304 g/mol. The first-order chi connectivity index (χ1) is 11.7. The van der Waals surface area contributed by atoms with Crippen molar-refractivity contribution >= 4 is 28.5 Å². The number of ether oxygens (including phenoxy) is 1. The molecule has 0 saturated carbocycles. The SMILES string of the molecule is COc1ccc(N2CCN(c3nc4cc(N)ccc4o3)CC2)cc1. The molecule has 1 saturated heterocycles. The molecule has 0 radical (unpaired) electrons. The summed E-state index contributed by atoms with van der Waals surface area (Å²) in [5.41, 5.74) is 9.30. The van der Waals surface area contributed by atoms with Crippen LogP contribution < -0.4 is 20.3 Å². The number of hydrogen-bond donors (Lipinski definition) is 1. The molecule has 124 valence electrons. The molecule has 0 amide bonds. The molecule has 2 heterocycles. The number of aromatic nitrogens is 1. The van der Waals surface area contributed by atoms with E-state index in [0.717, 1.165) is 43.0 Å². The van der Waals surface area contributed by atoms with Gasteiger partial charge in [-0.05, 0) is 42.5 Å². The lowest BCUT2D eigenvalue weighted by Gasteiger charge is -2.35. The van der Waals surface area contributed by atoms with Gasteiger partial charge in [-0.1, -0.05) is 0 Å². The molecule has 0 bridgehead atoms. The Bertz CT molecular complexity index is 836. The molecule has 24 heavy (non-hydrogen) atoms. The second-order valence-corrected chi connectivity index (χ2v) is 5.90. The van der Waals surface area contributed by atoms with E-state index in [1.807, 2.05) is 30.3 Å². The van der Waals surface area contributed by atoms with Gasteiger partial charge in [-0.15, -0.1) is 0 Å². The van der Waals surface area contributed by atoms with Crippen LogP contribution in [-0.4, -0.2) is 38.3 Å². The molecule has 1 aliphatic heterocycles. The number of methoxy groups -OCH3 is 1. The van der Waals surface area contributed by atoms with Crippen LogP contribution >= 0.6 is 0 Å². The lowest BCUT2D eigenvalue weighted by Crippen LogP contribution is -2.46. The molecule has 2 aromatic carbocycles. The fourth-order valence-corrected chi connectivity index (χ4v) is 3.02. The molecule has 1 aliphatic rings. The highest BCUT2D eigenvalue weighted by atomic mass is 16.5. The van der Waals surface area contributed by atoms with Crippen molar-refractivity contribution in [1.82, 2.24) is 4.98 Å². The number of piperazine rings is 1. The summed E-state index contributed by atoms with van der Waals surface area (Å²) in [5, 5.41) is 0. The van der Waals surface area contributed by atoms with Crippen LogP contribution in [0.4, 0.5) is 17.4 Å². The Morgan fingerprint density at radius 3 is 2.42 bits per heavy atom. The van der Waals surface area contributed by atoms with Crippen LogP contribution in [0.15, 0.2) is 46.9 Å². The topological polar surface area (TPSA) is 67.8 Å². The number of oxazole rings is 1. The van der Waals surface area contributed by atoms with Crippen molar-refractivity contribution in [3.63, 3.8) is 0 Å². The van der Waals surface area contributed by atoms with E-state index in [1.54, 1.807) is 7.11 Å². The minimum atomic E-state index is 0.671. The van der Waals surface area contributed by atoms with Gasteiger partial charge in [-0.25, -0.2) is 0 Å². The van der Waals surface area contributed by atoms with Crippen LogP contribution in [0, 0.1) is 0 Å². The minimum Gasteiger partial charge on any atom is -0.497 e. The Balaban J connectivity index is 1.46. The van der Waals surface area contributed by atoms with Gasteiger partial charge in [0.15, 0.2) is 5.58 Å². The fourth-order valence-electron chi connectivity index (χ4n) is 3.02. The van der Waals surface area contributed by atoms with Crippen molar-refractivity contribution in [3.8, 4) is 5.75 Å². The Labute approximate surface area is 140 Å². The molecule has 6 heteroatoms. The molecule has 0 aliphatic carbocycles. The number of benzene rings is 2. The number of fused-ring (bicyclic) bond motifs is 1. The van der Waals surface area contributed by atoms with Gasteiger partial charge in [0.05, 0.1) is 7.11 Å². The van der Waals surface area contributed by atoms with Gasteiger partial charge in [0.1, 0.15) is 11.3 Å². The second-order valence-electron chi connectivity index (χ2n) is 5.90. The summed E-state index contributed by atoms with van der Waals surface area (Å²) >= 11 is 0. The summed E-state index contributed by atoms with van der Waals surface area (Å²) in [6.45, 7) is 3.59. The molecule has 0 unspecified atom stereocenters. The van der Waals surface area contributed by atoms with Crippen molar-refractivity contribution in [2.24, 2.45) is 0 Å². The molecule has 2 N–H and O–H groups in total. The van der Waals surface area contributed by atoms with Crippen LogP contribution in [0.2, 0.25) is 0 Å². The average molecular weight is 324 g/mol. The highest BCUT2D eigenvalue weighted by Gasteiger charge is 2.21. The average Bonchev–Trinajstić information content (AvgIpc) is 3.05. The van der Waals surface area contributed by atoms with Crippen molar-refractivity contribution in [2.75, 3.05) is 48.8 Å². The minimum absolute atomic E-state index is 0.671. The lowest BCUT2D eigenvalue weighted by atomic mass is 10.2. The van der Waals surface area contributed by atoms with E-state index in [-0.39, 0.29) is 0 Å². The summed E-state index contributed by atoms with van der Waals surface area (Å²) in [6.07, 6.45) is 0. The number of anilines is 3. The Hall–Kier alpha value is -2.89. The van der Waals surface area contributed by atoms with E-state index in [2.05, 4.69) is 26.9 Å². The van der Waals surface area contributed by atoms with Gasteiger partial charge in [0.2, 0.25) is 0 Å². The predicted octanol–water partition coefficient (Wildman–Crippen LogP) is 2.75. The van der Waals surface area contributed by atoms with Crippen LogP contribution in [0.5, 0.6) is 5.75 Å². The summed E-state index contributed by atoms with van der Waals surface area (Å²) in [4.78, 5) is 9.10. The first-order valence-corrected chi connectivity index (χ1v) is 8.03. The maximum atomic E-state index is 5.86. The largest absolute Gasteiger partial charge is 0.497 e. The summed E-state index contributed by atoms with van der Waals surface area (Å²) in [7, 11) is 1.68. The highest BCUT2D eigenvalue weighted by molar-refractivity contribution is 5.78. The van der Waals surface area contributed by atoms with Gasteiger partial charge in [-0.3, -0.25) is 0 Å². The third-order valence-corrected chi connectivity index (χ3v) is 4.39. The smallest absolute Gasteiger partial charge is 0.298 e. The highest BCUT2D eigenvalue weighted by Crippen LogP contribution is 2.26. The number of nitrogens with zero attached hydrogens (tertiary/aromatic N) is 3. The number of nitrogen functional groups attached to an aromatic ring is 1. The van der Waals surface area contributed by atoms with Gasteiger partial charge in [-0.2, -0.15) is 4.98 Å². The molecule has 1 aromatic heterocycles. The Morgan fingerprint density at radius 2 is 1.71 bits per heavy atom. The normalized spacial score (nSPS) is 15.0. The molecule has 1 fully saturated rings. The van der Waals surface area contributed by atoms with Crippen LogP contribution in [0.25, 0.3) is 11.1 Å². The van der Waals surface area contributed by atoms with E-state index in [1.165, 1.54) is 5.69 Å². The summed E-state index contributed by atoms with van der Waals surface area (Å²) < 4.78 is 11.1. The maximum Gasteiger partial charge on any atom is 0.298 e. The number of rotatable bonds is 3. The van der Waals surface area contributed by atoms with E-state index in [4.69, 9.17) is 14.9 Å². The monoisotopic (exact) mass is 324 g/mol. The van der Waals surface area contributed by atoms with Crippen LogP contribution in [0.3, 0.4) is 0 Å². The van der Waals surface area contributed by atoms with Gasteiger partial charge >= 0.3 is 0 Å². The molecule has 6 nitrogen and oxygen atoms in total. The number of hydrogen-bond acceptors (Lipinski definition) is 6. The van der Waals surface area contributed by atoms with Crippen molar-refractivity contribution < 1.29 is 9.15 Å². The zero-order chi connectivity index (χ0) is 16.5. The predicted molar refractivity (Wildman–Crippen MR) is 95.8 cm³/mol. The maximum absolute atomic E-state index is 5.86. The fraction of sp³-hybridized carbons (Fsp3) is 0.278. The first kappa shape index (κ1) is 14.7. The van der Waals surface area contributed by atoms with Crippen molar-refractivity contribution in [1.29, 1.82) is 0 Å². The van der Waals surface area contributed by atoms with Crippen molar-refractivity contribution in [2.45, 2.75) is 0 Å². The van der Waals surface area contributed by atoms with E-state index in [9.17, 15) is 0 Å². The molecule has 0 atom stereocenters. The number of nitrogens with two attached hydrogens (primary N) is 1. The first-order valence-electron chi connectivity index (χ1n) is 8.03. The van der Waals surface area contributed by atoms with Crippen LogP contribution in [0.1, 0.15) is 0 Å². The van der Waals surface area contributed by atoms with Crippen LogP contribution in [-0.2, 0) is 0 Å². The van der Waals surface area contributed by atoms with Crippen molar-refractivity contribution in [3.05, 3.63) is 42.5 Å². The molecule has 0 spiro atoms. The quantitative estimate of drug-likeness (QED) is 0.747. The summed E-state index contributed by atoms with van der Waals surface area (Å²) in [5.74, 6) is 0.878. The van der Waals surface area contributed by atoms with Gasteiger partial charge < -0.3 is 24.7 Å². The second kappa shape index (κ2) is 5.96. The summed E-state index contributed by atoms with van der Waals surface area (Å²) in [6, 6.07) is 14.4. The van der Waals surface area contributed by atoms with E-state index < -0.39 is 0 Å². The molecule has 4 rings (SSSR count). The third kappa shape index (κ3) is 2.71. The Kier molecular flexibility index (Phi) is 3.65. The molecular formula is C18H20N4O2. The third-order valence-electron chi connectivity index (χ3n) is 4.39. The van der Waals surface area contributed by atoms with Gasteiger partial charge in [0.25, 0.3) is 6.01 Å². The van der Waals surface area contributed by atoms with Gasteiger partial charge in [0, 0.05) is 37.6 Å². The van der Waals surface area contributed by atoms with E-state index >= 15 is 0 Å². The zero-order valence-corrected chi connectivity index (χ0v) is 13.6. The van der Waals surface area contributed by atoms with E-state index in [0.29, 0.717) is 11.7 Å². The standard InChI is InChI=1S/C18H20N4O2/c1-23-15-5-3-14(4-6-15)21-8-10-22(11-9-21)18-20-16-12-13(19)2-7-17(16)24-18/h2-7,12H,8-11,19H2,1H3. The Morgan fingerprint density at radius 1 is 1.00 bits per heavy atom.